The van der Waals surface area contributed by atoms with Gasteiger partial charge in [0.2, 0.25) is 0 Å². The van der Waals surface area contributed by atoms with Gasteiger partial charge in [0.15, 0.2) is 0 Å². The van der Waals surface area contributed by atoms with Crippen molar-refractivity contribution in [2.75, 3.05) is 4.43 Å². The lowest BCUT2D eigenvalue weighted by molar-refractivity contribution is -0.155. The van der Waals surface area contributed by atoms with Gasteiger partial charge in [-0.25, -0.2) is 0 Å². The second-order valence-corrected chi connectivity index (χ2v) is 4.18. The molecule has 3 nitrogen and oxygen atoms in total. The van der Waals surface area contributed by atoms with Crippen LogP contribution in [0, 0.1) is 0 Å². The molecule has 66 valence electrons. The lowest BCUT2D eigenvalue weighted by Gasteiger charge is -2.21. The molecule has 0 aromatic carbocycles. The number of carbonyl (C=O) groups excluding carboxylic acids is 1. The molecule has 0 unspecified atom stereocenters. The number of alkyl halides is 1. The number of carbonyl (C=O) groups is 1. The minimum absolute atomic E-state index is 0.327. The highest BCUT2D eigenvalue weighted by Crippen LogP contribution is 2.08. The SMILES string of the molecule is CC(C)(C)OC(=O)[C@H](N)CI. The molecule has 0 aliphatic carbocycles. The molecule has 0 saturated heterocycles. The molecule has 0 bridgehead atoms. The topological polar surface area (TPSA) is 52.3 Å². The van der Waals surface area contributed by atoms with Crippen molar-refractivity contribution in [3.05, 3.63) is 0 Å². The Hall–Kier alpha value is 0.160. The molecule has 1 atom stereocenters. The normalized spacial score (nSPS) is 14.3. The summed E-state index contributed by atoms with van der Waals surface area (Å²) in [6.07, 6.45) is 0. The number of hydrogen-bond acceptors (Lipinski definition) is 3. The van der Waals surface area contributed by atoms with Gasteiger partial charge in [-0.3, -0.25) is 4.79 Å². The fourth-order valence-corrected chi connectivity index (χ4v) is 0.800. The monoisotopic (exact) mass is 271 g/mol. The van der Waals surface area contributed by atoms with E-state index in [0.29, 0.717) is 4.43 Å². The molecule has 0 radical (unpaired) electrons. The first-order valence-corrected chi connectivity index (χ1v) is 4.94. The van der Waals surface area contributed by atoms with Crippen molar-refractivity contribution in [1.82, 2.24) is 0 Å². The fraction of sp³-hybridized carbons (Fsp3) is 0.857. The number of esters is 1. The fourth-order valence-electron chi connectivity index (χ4n) is 0.440. The second-order valence-electron chi connectivity index (χ2n) is 3.29. The summed E-state index contributed by atoms with van der Waals surface area (Å²) in [5.41, 5.74) is 5.01. The van der Waals surface area contributed by atoms with Crippen molar-refractivity contribution < 1.29 is 9.53 Å². The van der Waals surface area contributed by atoms with E-state index in [0.717, 1.165) is 0 Å². The minimum Gasteiger partial charge on any atom is -0.459 e. The summed E-state index contributed by atoms with van der Waals surface area (Å²) in [5, 5.41) is 0. The largest absolute Gasteiger partial charge is 0.459 e. The van der Waals surface area contributed by atoms with E-state index in [-0.39, 0.29) is 5.97 Å². The van der Waals surface area contributed by atoms with E-state index >= 15 is 0 Å². The first-order chi connectivity index (χ1) is 4.87. The Morgan fingerprint density at radius 1 is 1.64 bits per heavy atom. The van der Waals surface area contributed by atoms with Gasteiger partial charge >= 0.3 is 5.97 Å². The highest BCUT2D eigenvalue weighted by atomic mass is 127. The van der Waals surface area contributed by atoms with Gasteiger partial charge in [0.1, 0.15) is 11.6 Å². The minimum atomic E-state index is -0.491. The zero-order valence-corrected chi connectivity index (χ0v) is 9.21. The molecule has 0 aromatic heterocycles. The molecule has 0 heterocycles. The molecule has 11 heavy (non-hydrogen) atoms. The summed E-state index contributed by atoms with van der Waals surface area (Å²) >= 11 is 2.05. The number of ether oxygens (including phenoxy) is 1. The maximum absolute atomic E-state index is 11.0. The summed E-state index contributed by atoms with van der Waals surface area (Å²) in [5.74, 6) is -0.327. The van der Waals surface area contributed by atoms with Gasteiger partial charge in [-0.05, 0) is 20.8 Å². The van der Waals surface area contributed by atoms with Crippen LogP contribution < -0.4 is 5.73 Å². The van der Waals surface area contributed by atoms with Crippen LogP contribution in [0.15, 0.2) is 0 Å². The molecule has 2 N–H and O–H groups in total. The third kappa shape index (κ3) is 5.43. The first kappa shape index (κ1) is 11.2. The number of rotatable bonds is 2. The third-order valence-electron chi connectivity index (χ3n) is 0.876. The average molecular weight is 271 g/mol. The predicted molar refractivity (Wildman–Crippen MR) is 52.7 cm³/mol. The van der Waals surface area contributed by atoms with E-state index < -0.39 is 11.6 Å². The Labute approximate surface area is 80.8 Å². The molecule has 0 aliphatic heterocycles. The van der Waals surface area contributed by atoms with Crippen LogP contribution in [0.4, 0.5) is 0 Å². The van der Waals surface area contributed by atoms with Gasteiger partial charge in [0.25, 0.3) is 0 Å². The molecule has 0 aromatic rings. The number of hydrogen-bond donors (Lipinski definition) is 1. The van der Waals surface area contributed by atoms with Crippen LogP contribution in [-0.4, -0.2) is 22.0 Å². The van der Waals surface area contributed by atoms with E-state index in [1.165, 1.54) is 0 Å². The van der Waals surface area contributed by atoms with Crippen LogP contribution in [0.1, 0.15) is 20.8 Å². The Morgan fingerprint density at radius 3 is 2.36 bits per heavy atom. The van der Waals surface area contributed by atoms with Gasteiger partial charge in [-0.15, -0.1) is 0 Å². The van der Waals surface area contributed by atoms with Crippen LogP contribution >= 0.6 is 22.6 Å². The highest BCUT2D eigenvalue weighted by molar-refractivity contribution is 14.1. The lowest BCUT2D eigenvalue weighted by Crippen LogP contribution is -2.38. The van der Waals surface area contributed by atoms with Crippen molar-refractivity contribution in [2.45, 2.75) is 32.4 Å². The summed E-state index contributed by atoms with van der Waals surface area (Å²) in [6, 6.07) is -0.491. The third-order valence-corrected chi connectivity index (χ3v) is 1.82. The zero-order chi connectivity index (χ0) is 9.07. The van der Waals surface area contributed by atoms with Crippen LogP contribution in [0.3, 0.4) is 0 Å². The van der Waals surface area contributed by atoms with Gasteiger partial charge in [0, 0.05) is 4.43 Å². The molecule has 4 heteroatoms. The van der Waals surface area contributed by atoms with Crippen LogP contribution in [-0.2, 0) is 9.53 Å². The Balaban J connectivity index is 3.88. The zero-order valence-electron chi connectivity index (χ0n) is 7.06. The van der Waals surface area contributed by atoms with Gasteiger partial charge in [-0.2, -0.15) is 0 Å². The lowest BCUT2D eigenvalue weighted by atomic mass is 10.2. The molecule has 0 amide bonds. The van der Waals surface area contributed by atoms with E-state index in [4.69, 9.17) is 10.5 Å². The quantitative estimate of drug-likeness (QED) is 0.464. The van der Waals surface area contributed by atoms with Gasteiger partial charge < -0.3 is 10.5 Å². The van der Waals surface area contributed by atoms with E-state index in [1.54, 1.807) is 0 Å². The summed E-state index contributed by atoms with van der Waals surface area (Å²) in [4.78, 5) is 11.0. The smallest absolute Gasteiger partial charge is 0.324 e. The predicted octanol–water partition coefficient (Wildman–Crippen LogP) is 1.09. The molecular weight excluding hydrogens is 257 g/mol. The number of nitrogens with two attached hydrogens (primary N) is 1. The van der Waals surface area contributed by atoms with E-state index in [9.17, 15) is 4.79 Å². The van der Waals surface area contributed by atoms with Crippen LogP contribution in [0.25, 0.3) is 0 Å². The maximum Gasteiger partial charge on any atom is 0.324 e. The summed E-state index contributed by atoms with van der Waals surface area (Å²) in [6.45, 7) is 5.47. The molecular formula is C7H14INO2. The van der Waals surface area contributed by atoms with Crippen molar-refractivity contribution in [3.8, 4) is 0 Å². The van der Waals surface area contributed by atoms with Crippen LogP contribution in [0.5, 0.6) is 0 Å². The highest BCUT2D eigenvalue weighted by Gasteiger charge is 2.20. The van der Waals surface area contributed by atoms with Crippen molar-refractivity contribution in [1.29, 1.82) is 0 Å². The molecule has 0 saturated carbocycles. The maximum atomic E-state index is 11.0. The second kappa shape index (κ2) is 4.25. The summed E-state index contributed by atoms with van der Waals surface area (Å²) in [7, 11) is 0. The average Bonchev–Trinajstić information content (AvgIpc) is 1.82. The van der Waals surface area contributed by atoms with Gasteiger partial charge in [0.05, 0.1) is 0 Å². The molecule has 0 aliphatic rings. The Kier molecular flexibility index (Phi) is 4.31. The Morgan fingerprint density at radius 2 is 2.09 bits per heavy atom. The molecule has 0 spiro atoms. The molecule has 0 rings (SSSR count). The molecule has 0 fully saturated rings. The number of halogens is 1. The van der Waals surface area contributed by atoms with E-state index in [1.807, 2.05) is 20.8 Å². The standard InChI is InChI=1S/C7H14INO2/c1-7(2,3)11-6(10)5(9)4-8/h5H,4,9H2,1-3H3/t5-/m1/s1. The summed E-state index contributed by atoms with van der Waals surface area (Å²) < 4.78 is 5.61. The van der Waals surface area contributed by atoms with Crippen LogP contribution in [0.2, 0.25) is 0 Å². The van der Waals surface area contributed by atoms with E-state index in [2.05, 4.69) is 22.6 Å². The Bertz CT molecular complexity index is 142. The van der Waals surface area contributed by atoms with Crippen molar-refractivity contribution >= 4 is 28.6 Å². The van der Waals surface area contributed by atoms with Crippen molar-refractivity contribution in [3.63, 3.8) is 0 Å². The first-order valence-electron chi connectivity index (χ1n) is 3.41. The van der Waals surface area contributed by atoms with Gasteiger partial charge in [-0.1, -0.05) is 22.6 Å². The van der Waals surface area contributed by atoms with Crippen molar-refractivity contribution in [2.24, 2.45) is 5.73 Å².